The summed E-state index contributed by atoms with van der Waals surface area (Å²) >= 11 is 5.63. The fourth-order valence-corrected chi connectivity index (χ4v) is 5.41. The number of anilines is 2. The Labute approximate surface area is 205 Å². The molecule has 0 N–H and O–H groups in total. The highest BCUT2D eigenvalue weighted by Crippen LogP contribution is 2.48. The van der Waals surface area contributed by atoms with Crippen LogP contribution >= 0.6 is 12.2 Å². The van der Waals surface area contributed by atoms with Gasteiger partial charge in [-0.25, -0.2) is 4.98 Å². The molecule has 1 atom stereocenters. The second-order valence-corrected chi connectivity index (χ2v) is 9.49. The first-order chi connectivity index (χ1) is 16.6. The van der Waals surface area contributed by atoms with Crippen molar-refractivity contribution in [2.75, 3.05) is 29.9 Å². The number of hydrogen-bond donors (Lipinski definition) is 0. The Morgan fingerprint density at radius 2 is 1.94 bits per heavy atom. The summed E-state index contributed by atoms with van der Waals surface area (Å²) in [6.45, 7) is 1.83. The number of amides is 1. The molecule has 11 heteroatoms. The molecule has 2 saturated heterocycles. The number of benzene rings is 1. The molecule has 3 heterocycles. The van der Waals surface area contributed by atoms with Crippen molar-refractivity contribution < 1.29 is 22.7 Å². The molecule has 2 aliphatic heterocycles. The Bertz CT molecular complexity index is 1220. The van der Waals surface area contributed by atoms with Gasteiger partial charge in [0.2, 0.25) is 0 Å². The predicted molar refractivity (Wildman–Crippen MR) is 126 cm³/mol. The van der Waals surface area contributed by atoms with Crippen molar-refractivity contribution in [3.05, 3.63) is 47.8 Å². The smallest absolute Gasteiger partial charge is 0.419 e. The molecule has 1 amide bonds. The molecule has 3 fully saturated rings. The van der Waals surface area contributed by atoms with Crippen molar-refractivity contribution >= 4 is 34.6 Å². The molecule has 35 heavy (non-hydrogen) atoms. The van der Waals surface area contributed by atoms with Gasteiger partial charge in [-0.05, 0) is 75.3 Å². The Balaban J connectivity index is 1.46. The third-order valence-corrected chi connectivity index (χ3v) is 7.25. The lowest BCUT2D eigenvalue weighted by molar-refractivity contribution is -0.138. The van der Waals surface area contributed by atoms with Crippen LogP contribution in [0.25, 0.3) is 0 Å². The van der Waals surface area contributed by atoms with Gasteiger partial charge in [0.15, 0.2) is 10.8 Å². The monoisotopic (exact) mass is 501 g/mol. The molecular formula is C24H22F3N5O2S. The predicted octanol–water partition coefficient (Wildman–Crippen LogP) is 4.12. The van der Waals surface area contributed by atoms with E-state index in [1.807, 2.05) is 31.3 Å². The van der Waals surface area contributed by atoms with E-state index >= 15 is 0 Å². The van der Waals surface area contributed by atoms with Gasteiger partial charge in [0.05, 0.1) is 17.4 Å². The highest BCUT2D eigenvalue weighted by atomic mass is 32.1. The van der Waals surface area contributed by atoms with Crippen LogP contribution in [0.4, 0.5) is 24.5 Å². The Morgan fingerprint density at radius 1 is 1.23 bits per heavy atom. The first kappa shape index (κ1) is 23.5. The number of ether oxygens (including phenoxy) is 1. The number of likely N-dealkylation sites (tertiary alicyclic amines) is 1. The van der Waals surface area contributed by atoms with Gasteiger partial charge in [-0.3, -0.25) is 9.69 Å². The molecule has 1 saturated carbocycles. The summed E-state index contributed by atoms with van der Waals surface area (Å²) < 4.78 is 46.6. The van der Waals surface area contributed by atoms with Crippen molar-refractivity contribution in [2.24, 2.45) is 0 Å². The number of aromatic nitrogens is 1. The van der Waals surface area contributed by atoms with E-state index in [0.29, 0.717) is 24.3 Å². The van der Waals surface area contributed by atoms with Crippen molar-refractivity contribution in [1.82, 2.24) is 9.88 Å². The molecule has 0 unspecified atom stereocenters. The molecule has 5 rings (SSSR count). The van der Waals surface area contributed by atoms with Crippen LogP contribution in [-0.4, -0.2) is 52.7 Å². The molecule has 0 bridgehead atoms. The molecule has 3 aliphatic rings. The van der Waals surface area contributed by atoms with Crippen LogP contribution in [-0.2, 0) is 11.0 Å². The van der Waals surface area contributed by atoms with Gasteiger partial charge in [0.1, 0.15) is 23.5 Å². The van der Waals surface area contributed by atoms with E-state index < -0.39 is 23.0 Å². The molecule has 0 radical (unpaired) electrons. The van der Waals surface area contributed by atoms with E-state index in [-0.39, 0.29) is 22.8 Å². The zero-order valence-corrected chi connectivity index (χ0v) is 19.7. The molecule has 1 aromatic carbocycles. The zero-order chi connectivity index (χ0) is 25.0. The second-order valence-electron chi connectivity index (χ2n) is 9.13. The first-order valence-electron chi connectivity index (χ1n) is 11.3. The first-order valence-corrected chi connectivity index (χ1v) is 11.7. The number of alkyl halides is 3. The quantitative estimate of drug-likeness (QED) is 0.584. The summed E-state index contributed by atoms with van der Waals surface area (Å²) in [6.07, 6.45) is -0.788. The average molecular weight is 502 g/mol. The molecule has 7 nitrogen and oxygen atoms in total. The van der Waals surface area contributed by atoms with Crippen LogP contribution in [0.5, 0.6) is 5.75 Å². The third kappa shape index (κ3) is 3.90. The van der Waals surface area contributed by atoms with E-state index in [2.05, 4.69) is 9.88 Å². The number of hydrogen-bond acceptors (Lipinski definition) is 6. The molecule has 1 aromatic heterocycles. The summed E-state index contributed by atoms with van der Waals surface area (Å²) in [5.41, 5.74) is -2.34. The van der Waals surface area contributed by atoms with Gasteiger partial charge in [-0.1, -0.05) is 0 Å². The van der Waals surface area contributed by atoms with Gasteiger partial charge >= 0.3 is 6.18 Å². The second kappa shape index (κ2) is 8.46. The van der Waals surface area contributed by atoms with Crippen LogP contribution in [0.1, 0.15) is 36.9 Å². The van der Waals surface area contributed by atoms with Crippen LogP contribution in [0.3, 0.4) is 0 Å². The fraction of sp³-hybridized carbons (Fsp3) is 0.417. The standard InChI is InChI=1S/C24H22F3N5O2S/c1-30-10-7-18(14-30)34-17-5-3-15(4-6-17)32-22(35)31(21(33)23(32)8-2-9-23)16-11-19(24(25,26)27)20(12-28)29-13-16/h3-6,11,13,18H,2,7-10,14H2,1H3/t18-/m1/s1. The number of pyridine rings is 1. The highest BCUT2D eigenvalue weighted by molar-refractivity contribution is 7.81. The fourth-order valence-electron chi connectivity index (χ4n) is 4.95. The maximum Gasteiger partial charge on any atom is 0.419 e. The number of nitriles is 1. The Kier molecular flexibility index (Phi) is 5.68. The maximum absolute atomic E-state index is 13.5. The minimum Gasteiger partial charge on any atom is -0.489 e. The van der Waals surface area contributed by atoms with E-state index in [0.717, 1.165) is 43.1 Å². The van der Waals surface area contributed by atoms with Gasteiger partial charge in [0, 0.05) is 18.8 Å². The lowest BCUT2D eigenvalue weighted by Crippen LogP contribution is -2.55. The SMILES string of the molecule is CN1CC[C@@H](Oc2ccc(N3C(=S)N(c4cnc(C#N)c(C(F)(F)F)c4)C(=O)C34CCC4)cc2)C1. The van der Waals surface area contributed by atoms with E-state index in [4.69, 9.17) is 22.2 Å². The minimum atomic E-state index is -4.80. The number of halogens is 3. The van der Waals surface area contributed by atoms with Crippen LogP contribution in [0.15, 0.2) is 36.5 Å². The number of nitrogens with zero attached hydrogens (tertiary/aromatic N) is 5. The summed E-state index contributed by atoms with van der Waals surface area (Å²) in [7, 11) is 2.04. The van der Waals surface area contributed by atoms with Crippen molar-refractivity contribution in [2.45, 2.75) is 43.5 Å². The molecule has 182 valence electrons. The molecule has 1 aliphatic carbocycles. The Morgan fingerprint density at radius 3 is 2.49 bits per heavy atom. The topological polar surface area (TPSA) is 72.7 Å². The van der Waals surface area contributed by atoms with E-state index in [9.17, 15) is 18.0 Å². The van der Waals surface area contributed by atoms with Crippen molar-refractivity contribution in [1.29, 1.82) is 5.26 Å². The molecule has 2 aromatic rings. The van der Waals surface area contributed by atoms with E-state index in [1.165, 1.54) is 6.07 Å². The summed E-state index contributed by atoms with van der Waals surface area (Å²) in [5.74, 6) is 0.318. The molecular weight excluding hydrogens is 479 g/mol. The maximum atomic E-state index is 13.5. The number of likely N-dealkylation sites (N-methyl/N-ethyl adjacent to an activating group) is 1. The average Bonchev–Trinajstić information content (AvgIpc) is 3.30. The van der Waals surface area contributed by atoms with Crippen LogP contribution in [0.2, 0.25) is 0 Å². The van der Waals surface area contributed by atoms with Gasteiger partial charge in [0.25, 0.3) is 5.91 Å². The lowest BCUT2D eigenvalue weighted by atomic mass is 9.75. The van der Waals surface area contributed by atoms with Gasteiger partial charge < -0.3 is 14.5 Å². The van der Waals surface area contributed by atoms with Crippen molar-refractivity contribution in [3.8, 4) is 11.8 Å². The summed E-state index contributed by atoms with van der Waals surface area (Å²) in [4.78, 5) is 22.2. The summed E-state index contributed by atoms with van der Waals surface area (Å²) in [5, 5.41) is 9.13. The summed E-state index contributed by atoms with van der Waals surface area (Å²) in [6, 6.07) is 9.49. The van der Waals surface area contributed by atoms with Crippen LogP contribution < -0.4 is 14.5 Å². The number of rotatable bonds is 4. The van der Waals surface area contributed by atoms with Gasteiger partial charge in [-0.2, -0.15) is 18.4 Å². The largest absolute Gasteiger partial charge is 0.489 e. The lowest BCUT2D eigenvalue weighted by Gasteiger charge is -2.43. The highest BCUT2D eigenvalue weighted by Gasteiger charge is 2.59. The molecule has 1 spiro atoms. The Hall–Kier alpha value is -3.23. The number of carbonyl (C=O) groups is 1. The number of carbonyl (C=O) groups excluding carboxylic acids is 1. The zero-order valence-electron chi connectivity index (χ0n) is 18.9. The van der Waals surface area contributed by atoms with Gasteiger partial charge in [-0.15, -0.1) is 0 Å². The third-order valence-electron chi connectivity index (χ3n) is 6.88. The van der Waals surface area contributed by atoms with Crippen LogP contribution in [0, 0.1) is 11.3 Å². The van der Waals surface area contributed by atoms with Crippen molar-refractivity contribution in [3.63, 3.8) is 0 Å². The normalized spacial score (nSPS) is 22.0. The van der Waals surface area contributed by atoms with E-state index in [1.54, 1.807) is 4.90 Å². The minimum absolute atomic E-state index is 0.0837. The number of thiocarbonyl (C=S) groups is 1.